The fourth-order valence-electron chi connectivity index (χ4n) is 3.33. The summed E-state index contributed by atoms with van der Waals surface area (Å²) in [4.78, 5) is 15.5. The minimum Gasteiger partial charge on any atom is -0.493 e. The Hall–Kier alpha value is -1.59. The molecule has 1 aliphatic rings. The summed E-state index contributed by atoms with van der Waals surface area (Å²) in [5, 5.41) is 9.02. The van der Waals surface area contributed by atoms with Gasteiger partial charge in [0.15, 0.2) is 0 Å². The van der Waals surface area contributed by atoms with Gasteiger partial charge in [-0.05, 0) is 56.1 Å². The number of nitrogens with zero attached hydrogens (tertiary/aromatic N) is 2. The first-order valence-corrected chi connectivity index (χ1v) is 9.37. The monoisotopic (exact) mass is 348 g/mol. The van der Waals surface area contributed by atoms with Gasteiger partial charge >= 0.3 is 5.97 Å². The maximum Gasteiger partial charge on any atom is 0.317 e. The molecule has 0 atom stereocenters. The van der Waals surface area contributed by atoms with Crippen LogP contribution in [0.2, 0.25) is 0 Å². The number of hydrogen-bond donors (Lipinski definition) is 1. The third-order valence-corrected chi connectivity index (χ3v) is 4.73. The van der Waals surface area contributed by atoms with E-state index in [0.29, 0.717) is 12.0 Å². The molecule has 0 bridgehead atoms. The van der Waals surface area contributed by atoms with Gasteiger partial charge in [-0.1, -0.05) is 32.9 Å². The lowest BCUT2D eigenvalue weighted by atomic mass is 10.0. The molecule has 1 saturated heterocycles. The average Bonchev–Trinajstić information content (AvgIpc) is 2.59. The normalized spacial score (nSPS) is 16.5. The first kappa shape index (κ1) is 19.7. The van der Waals surface area contributed by atoms with Crippen molar-refractivity contribution >= 4 is 5.97 Å². The molecule has 0 aromatic heterocycles. The van der Waals surface area contributed by atoms with Crippen LogP contribution in [0.4, 0.5) is 0 Å². The molecule has 0 unspecified atom stereocenters. The third-order valence-electron chi connectivity index (χ3n) is 4.73. The fraction of sp³-hybridized carbons (Fsp3) is 0.650. The molecule has 0 aliphatic carbocycles. The Morgan fingerprint density at radius 3 is 2.44 bits per heavy atom. The number of carbonyl (C=O) groups is 1. The van der Waals surface area contributed by atoms with Crippen molar-refractivity contribution in [2.45, 2.75) is 46.2 Å². The Morgan fingerprint density at radius 2 is 1.92 bits per heavy atom. The van der Waals surface area contributed by atoms with Crippen molar-refractivity contribution < 1.29 is 14.6 Å². The van der Waals surface area contributed by atoms with Crippen LogP contribution in [0.25, 0.3) is 0 Å². The highest BCUT2D eigenvalue weighted by molar-refractivity contribution is 5.69. The Labute approximate surface area is 151 Å². The van der Waals surface area contributed by atoms with Gasteiger partial charge in [0.1, 0.15) is 5.75 Å². The molecule has 1 N–H and O–H groups in total. The molecule has 5 heteroatoms. The maximum atomic E-state index is 11.0. The summed E-state index contributed by atoms with van der Waals surface area (Å²) in [7, 11) is 0. The van der Waals surface area contributed by atoms with E-state index in [2.05, 4.69) is 47.9 Å². The summed E-state index contributed by atoms with van der Waals surface area (Å²) in [5.41, 5.74) is 1.30. The largest absolute Gasteiger partial charge is 0.493 e. The standard InChI is InChI=1S/C20H32N2O3/c1-4-22(14-20(23)24)18-9-11-21(12-10-18)13-17-5-7-19(8-6-17)25-15-16(2)3/h5-8,16,18H,4,9-15H2,1-3H3,(H,23,24). The van der Waals surface area contributed by atoms with Gasteiger partial charge in [-0.15, -0.1) is 0 Å². The van der Waals surface area contributed by atoms with Gasteiger partial charge in [0.25, 0.3) is 0 Å². The molecule has 0 amide bonds. The van der Waals surface area contributed by atoms with Crippen LogP contribution in [0.5, 0.6) is 5.75 Å². The molecular formula is C20H32N2O3. The van der Waals surface area contributed by atoms with Gasteiger partial charge in [-0.3, -0.25) is 14.6 Å². The molecule has 0 saturated carbocycles. The van der Waals surface area contributed by atoms with Crippen LogP contribution < -0.4 is 4.74 Å². The number of likely N-dealkylation sites (tertiary alicyclic amines) is 1. The van der Waals surface area contributed by atoms with Gasteiger partial charge in [-0.25, -0.2) is 0 Å². The summed E-state index contributed by atoms with van der Waals surface area (Å²) in [6.07, 6.45) is 2.08. The fourth-order valence-corrected chi connectivity index (χ4v) is 3.33. The molecule has 0 radical (unpaired) electrons. The van der Waals surface area contributed by atoms with Crippen molar-refractivity contribution in [2.75, 3.05) is 32.8 Å². The summed E-state index contributed by atoms with van der Waals surface area (Å²) >= 11 is 0. The van der Waals surface area contributed by atoms with E-state index in [-0.39, 0.29) is 6.54 Å². The molecule has 1 aromatic carbocycles. The zero-order valence-corrected chi connectivity index (χ0v) is 15.8. The number of piperidine rings is 1. The number of carboxylic acids is 1. The summed E-state index contributed by atoms with van der Waals surface area (Å²) in [6.45, 7) is 11.0. The maximum absolute atomic E-state index is 11.0. The minimum absolute atomic E-state index is 0.152. The van der Waals surface area contributed by atoms with Crippen molar-refractivity contribution in [3.63, 3.8) is 0 Å². The number of rotatable bonds is 9. The highest BCUT2D eigenvalue weighted by Gasteiger charge is 2.24. The number of aliphatic carboxylic acids is 1. The zero-order valence-electron chi connectivity index (χ0n) is 15.8. The second kappa shape index (κ2) is 9.78. The van der Waals surface area contributed by atoms with Crippen molar-refractivity contribution in [3.05, 3.63) is 29.8 Å². The van der Waals surface area contributed by atoms with Crippen LogP contribution in [-0.4, -0.2) is 59.7 Å². The van der Waals surface area contributed by atoms with Gasteiger partial charge in [0.05, 0.1) is 13.2 Å². The molecule has 1 aliphatic heterocycles. The third kappa shape index (κ3) is 6.67. The van der Waals surface area contributed by atoms with Crippen LogP contribution in [0.15, 0.2) is 24.3 Å². The number of ether oxygens (including phenoxy) is 1. The van der Waals surface area contributed by atoms with Gasteiger partial charge in [-0.2, -0.15) is 0 Å². The smallest absolute Gasteiger partial charge is 0.317 e. The van der Waals surface area contributed by atoms with E-state index in [9.17, 15) is 4.79 Å². The Balaban J connectivity index is 1.78. The van der Waals surface area contributed by atoms with Crippen molar-refractivity contribution in [2.24, 2.45) is 5.92 Å². The number of likely N-dealkylation sites (N-methyl/N-ethyl adjacent to an activating group) is 1. The van der Waals surface area contributed by atoms with E-state index in [1.165, 1.54) is 5.56 Å². The lowest BCUT2D eigenvalue weighted by molar-refractivity contribution is -0.139. The summed E-state index contributed by atoms with van der Waals surface area (Å²) < 4.78 is 5.73. The second-order valence-corrected chi connectivity index (χ2v) is 7.31. The van der Waals surface area contributed by atoms with E-state index < -0.39 is 5.97 Å². The Kier molecular flexibility index (Phi) is 7.72. The molecular weight excluding hydrogens is 316 g/mol. The first-order valence-electron chi connectivity index (χ1n) is 9.37. The van der Waals surface area contributed by atoms with Crippen molar-refractivity contribution in [3.8, 4) is 5.75 Å². The average molecular weight is 348 g/mol. The highest BCUT2D eigenvalue weighted by atomic mass is 16.5. The molecule has 5 nitrogen and oxygen atoms in total. The molecule has 1 heterocycles. The SMILES string of the molecule is CCN(CC(=O)O)C1CCN(Cc2ccc(OCC(C)C)cc2)CC1. The van der Waals surface area contributed by atoms with Gasteiger partial charge in [0.2, 0.25) is 0 Å². The lowest BCUT2D eigenvalue weighted by Gasteiger charge is -2.37. The van der Waals surface area contributed by atoms with Crippen LogP contribution in [0.3, 0.4) is 0 Å². The lowest BCUT2D eigenvalue weighted by Crippen LogP contribution is -2.46. The van der Waals surface area contributed by atoms with E-state index in [4.69, 9.17) is 9.84 Å². The predicted molar refractivity (Wildman–Crippen MR) is 100.0 cm³/mol. The quantitative estimate of drug-likeness (QED) is 0.743. The second-order valence-electron chi connectivity index (χ2n) is 7.31. The number of benzene rings is 1. The molecule has 2 rings (SSSR count). The van der Waals surface area contributed by atoms with Crippen LogP contribution in [0.1, 0.15) is 39.2 Å². The summed E-state index contributed by atoms with van der Waals surface area (Å²) in [5.74, 6) is 0.734. The minimum atomic E-state index is -0.732. The number of carboxylic acid groups (broad SMARTS) is 1. The number of hydrogen-bond acceptors (Lipinski definition) is 4. The molecule has 0 spiro atoms. The van der Waals surface area contributed by atoms with E-state index in [0.717, 1.165) is 51.4 Å². The first-order chi connectivity index (χ1) is 12.0. The van der Waals surface area contributed by atoms with E-state index in [1.54, 1.807) is 0 Å². The summed E-state index contributed by atoms with van der Waals surface area (Å²) in [6, 6.07) is 8.78. The van der Waals surface area contributed by atoms with E-state index >= 15 is 0 Å². The van der Waals surface area contributed by atoms with Crippen LogP contribution >= 0.6 is 0 Å². The van der Waals surface area contributed by atoms with Gasteiger partial charge in [0, 0.05) is 12.6 Å². The topological polar surface area (TPSA) is 53.0 Å². The molecule has 1 aromatic rings. The zero-order chi connectivity index (χ0) is 18.2. The van der Waals surface area contributed by atoms with Crippen LogP contribution in [-0.2, 0) is 11.3 Å². The molecule has 1 fully saturated rings. The molecule has 25 heavy (non-hydrogen) atoms. The Morgan fingerprint density at radius 1 is 1.28 bits per heavy atom. The van der Waals surface area contributed by atoms with Gasteiger partial charge < -0.3 is 9.84 Å². The van der Waals surface area contributed by atoms with Crippen molar-refractivity contribution in [1.29, 1.82) is 0 Å². The Bertz CT molecular complexity index is 522. The van der Waals surface area contributed by atoms with Crippen LogP contribution in [0, 0.1) is 5.92 Å². The van der Waals surface area contributed by atoms with E-state index in [1.807, 2.05) is 6.92 Å². The molecule has 140 valence electrons. The van der Waals surface area contributed by atoms with Crippen molar-refractivity contribution in [1.82, 2.24) is 9.80 Å². The highest BCUT2D eigenvalue weighted by Crippen LogP contribution is 2.20. The predicted octanol–water partition coefficient (Wildman–Crippen LogP) is 3.09.